The van der Waals surface area contributed by atoms with E-state index in [9.17, 15) is 4.79 Å². The van der Waals surface area contributed by atoms with Gasteiger partial charge in [0.25, 0.3) is 5.91 Å². The van der Waals surface area contributed by atoms with E-state index in [4.69, 9.17) is 4.74 Å². The fourth-order valence-corrected chi connectivity index (χ4v) is 1.24. The number of amides is 1. The van der Waals surface area contributed by atoms with Crippen LogP contribution in [0, 0.1) is 0 Å². The standard InChI is InChI=1S/C13H17NO2/c1-3-9-14-13(15)10-16-12-8-6-5-7-11(12)4-2/h4-8H,2-3,9-10H2,1H3,(H,14,15). The van der Waals surface area contributed by atoms with Gasteiger partial charge in [-0.15, -0.1) is 0 Å². The van der Waals surface area contributed by atoms with Gasteiger partial charge in [0, 0.05) is 12.1 Å². The molecule has 1 aromatic rings. The van der Waals surface area contributed by atoms with Crippen LogP contribution in [0.15, 0.2) is 30.8 Å². The second-order valence-corrected chi connectivity index (χ2v) is 3.38. The van der Waals surface area contributed by atoms with Crippen LogP contribution in [0.1, 0.15) is 18.9 Å². The van der Waals surface area contributed by atoms with E-state index >= 15 is 0 Å². The average molecular weight is 219 g/mol. The Bertz CT molecular complexity index is 361. The molecule has 0 spiro atoms. The molecule has 3 heteroatoms. The summed E-state index contributed by atoms with van der Waals surface area (Å²) in [5, 5.41) is 2.75. The number of nitrogens with one attached hydrogen (secondary N) is 1. The predicted octanol–water partition coefficient (Wildman–Crippen LogP) is 2.23. The van der Waals surface area contributed by atoms with Gasteiger partial charge in [-0.25, -0.2) is 0 Å². The number of para-hydroxylation sites is 1. The second kappa shape index (κ2) is 6.67. The first kappa shape index (κ1) is 12.3. The van der Waals surface area contributed by atoms with E-state index in [0.717, 1.165) is 12.0 Å². The van der Waals surface area contributed by atoms with Crippen molar-refractivity contribution < 1.29 is 9.53 Å². The molecular formula is C13H17NO2. The van der Waals surface area contributed by atoms with Crippen molar-refractivity contribution >= 4 is 12.0 Å². The van der Waals surface area contributed by atoms with Gasteiger partial charge in [0.05, 0.1) is 0 Å². The van der Waals surface area contributed by atoms with Crippen molar-refractivity contribution in [2.24, 2.45) is 0 Å². The summed E-state index contributed by atoms with van der Waals surface area (Å²) >= 11 is 0. The molecule has 0 saturated carbocycles. The maximum atomic E-state index is 11.3. The van der Waals surface area contributed by atoms with Gasteiger partial charge in [-0.1, -0.05) is 37.8 Å². The van der Waals surface area contributed by atoms with Crippen LogP contribution in [0.3, 0.4) is 0 Å². The first-order valence-corrected chi connectivity index (χ1v) is 5.39. The summed E-state index contributed by atoms with van der Waals surface area (Å²) in [5.74, 6) is 0.588. The van der Waals surface area contributed by atoms with Crippen LogP contribution < -0.4 is 10.1 Å². The van der Waals surface area contributed by atoms with Crippen LogP contribution in [-0.4, -0.2) is 19.1 Å². The minimum atomic E-state index is -0.0966. The van der Waals surface area contributed by atoms with E-state index in [1.807, 2.05) is 31.2 Å². The van der Waals surface area contributed by atoms with Gasteiger partial charge < -0.3 is 10.1 Å². The van der Waals surface area contributed by atoms with Crippen LogP contribution in [0.2, 0.25) is 0 Å². The maximum Gasteiger partial charge on any atom is 0.257 e. The molecule has 0 aliphatic rings. The average Bonchev–Trinajstić information content (AvgIpc) is 2.34. The zero-order chi connectivity index (χ0) is 11.8. The van der Waals surface area contributed by atoms with Gasteiger partial charge in [0.2, 0.25) is 0 Å². The molecule has 86 valence electrons. The Morgan fingerprint density at radius 1 is 1.50 bits per heavy atom. The summed E-state index contributed by atoms with van der Waals surface area (Å²) in [7, 11) is 0. The van der Waals surface area contributed by atoms with Crippen LogP contribution >= 0.6 is 0 Å². The number of hydrogen-bond donors (Lipinski definition) is 1. The summed E-state index contributed by atoms with van der Waals surface area (Å²) in [6.07, 6.45) is 2.63. The third-order valence-corrected chi connectivity index (χ3v) is 2.07. The lowest BCUT2D eigenvalue weighted by molar-refractivity contribution is -0.123. The van der Waals surface area contributed by atoms with Gasteiger partial charge in [-0.3, -0.25) is 4.79 Å². The molecule has 3 nitrogen and oxygen atoms in total. The molecule has 0 unspecified atom stereocenters. The lowest BCUT2D eigenvalue weighted by atomic mass is 10.2. The third kappa shape index (κ3) is 3.77. The lowest BCUT2D eigenvalue weighted by Gasteiger charge is -2.08. The highest BCUT2D eigenvalue weighted by Gasteiger charge is 2.03. The molecule has 0 bridgehead atoms. The van der Waals surface area contributed by atoms with Crippen LogP contribution in [-0.2, 0) is 4.79 Å². The molecule has 0 saturated heterocycles. The Kier molecular flexibility index (Phi) is 5.12. The zero-order valence-electron chi connectivity index (χ0n) is 9.53. The molecule has 0 aromatic heterocycles. The van der Waals surface area contributed by atoms with Crippen molar-refractivity contribution in [3.05, 3.63) is 36.4 Å². The first-order chi connectivity index (χ1) is 7.77. The minimum Gasteiger partial charge on any atom is -0.483 e. The topological polar surface area (TPSA) is 38.3 Å². The molecule has 16 heavy (non-hydrogen) atoms. The number of rotatable bonds is 6. The highest BCUT2D eigenvalue weighted by molar-refractivity contribution is 5.77. The third-order valence-electron chi connectivity index (χ3n) is 2.07. The SMILES string of the molecule is C=Cc1ccccc1OCC(=O)NCCC. The van der Waals surface area contributed by atoms with E-state index in [2.05, 4.69) is 11.9 Å². The highest BCUT2D eigenvalue weighted by atomic mass is 16.5. The second-order valence-electron chi connectivity index (χ2n) is 3.38. The largest absolute Gasteiger partial charge is 0.483 e. The molecule has 0 heterocycles. The number of benzene rings is 1. The molecular weight excluding hydrogens is 202 g/mol. The van der Waals surface area contributed by atoms with Gasteiger partial charge in [0.1, 0.15) is 5.75 Å². The molecule has 0 fully saturated rings. The molecule has 1 rings (SSSR count). The zero-order valence-corrected chi connectivity index (χ0v) is 9.53. The Hall–Kier alpha value is -1.77. The number of carbonyl (C=O) groups is 1. The van der Waals surface area contributed by atoms with E-state index < -0.39 is 0 Å². The molecule has 0 atom stereocenters. The Morgan fingerprint density at radius 2 is 2.25 bits per heavy atom. The van der Waals surface area contributed by atoms with Gasteiger partial charge in [-0.05, 0) is 12.5 Å². The van der Waals surface area contributed by atoms with E-state index in [1.54, 1.807) is 6.08 Å². The Balaban J connectivity index is 2.47. The summed E-state index contributed by atoms with van der Waals surface area (Å²) in [5.41, 5.74) is 0.894. The van der Waals surface area contributed by atoms with Crippen molar-refractivity contribution in [2.75, 3.05) is 13.2 Å². The fourth-order valence-electron chi connectivity index (χ4n) is 1.24. The fraction of sp³-hybridized carbons (Fsp3) is 0.308. The van der Waals surface area contributed by atoms with Gasteiger partial charge in [0.15, 0.2) is 6.61 Å². The lowest BCUT2D eigenvalue weighted by Crippen LogP contribution is -2.29. The van der Waals surface area contributed by atoms with Gasteiger partial charge >= 0.3 is 0 Å². The first-order valence-electron chi connectivity index (χ1n) is 5.39. The Labute approximate surface area is 96.1 Å². The molecule has 0 aliphatic heterocycles. The van der Waals surface area contributed by atoms with Crippen LogP contribution in [0.25, 0.3) is 6.08 Å². The molecule has 0 radical (unpaired) electrons. The summed E-state index contributed by atoms with van der Waals surface area (Å²) in [6.45, 7) is 6.43. The monoisotopic (exact) mass is 219 g/mol. The summed E-state index contributed by atoms with van der Waals surface area (Å²) < 4.78 is 5.40. The smallest absolute Gasteiger partial charge is 0.257 e. The molecule has 1 amide bonds. The summed E-state index contributed by atoms with van der Waals surface area (Å²) in [4.78, 5) is 11.3. The van der Waals surface area contributed by atoms with E-state index in [1.165, 1.54) is 0 Å². The normalized spacial score (nSPS) is 9.56. The van der Waals surface area contributed by atoms with Crippen molar-refractivity contribution in [3.8, 4) is 5.75 Å². The molecule has 1 aromatic carbocycles. The predicted molar refractivity (Wildman–Crippen MR) is 65.3 cm³/mol. The highest BCUT2D eigenvalue weighted by Crippen LogP contribution is 2.18. The number of hydrogen-bond acceptors (Lipinski definition) is 2. The van der Waals surface area contributed by atoms with Crippen molar-refractivity contribution in [1.82, 2.24) is 5.32 Å². The summed E-state index contributed by atoms with van der Waals surface area (Å²) in [6, 6.07) is 7.49. The quantitative estimate of drug-likeness (QED) is 0.796. The van der Waals surface area contributed by atoms with E-state index in [0.29, 0.717) is 12.3 Å². The van der Waals surface area contributed by atoms with Crippen LogP contribution in [0.5, 0.6) is 5.75 Å². The molecule has 0 aliphatic carbocycles. The maximum absolute atomic E-state index is 11.3. The van der Waals surface area contributed by atoms with Crippen molar-refractivity contribution in [3.63, 3.8) is 0 Å². The van der Waals surface area contributed by atoms with E-state index in [-0.39, 0.29) is 12.5 Å². The van der Waals surface area contributed by atoms with Gasteiger partial charge in [-0.2, -0.15) is 0 Å². The number of carbonyl (C=O) groups excluding carboxylic acids is 1. The molecule has 1 N–H and O–H groups in total. The van der Waals surface area contributed by atoms with Crippen LogP contribution in [0.4, 0.5) is 0 Å². The number of ether oxygens (including phenoxy) is 1. The Morgan fingerprint density at radius 3 is 2.94 bits per heavy atom. The van der Waals surface area contributed by atoms with Crippen molar-refractivity contribution in [2.45, 2.75) is 13.3 Å². The minimum absolute atomic E-state index is 0.0465. The van der Waals surface area contributed by atoms with Crippen molar-refractivity contribution in [1.29, 1.82) is 0 Å².